The van der Waals surface area contributed by atoms with Crippen LogP contribution in [0.4, 0.5) is 5.69 Å². The Kier molecular flexibility index (Phi) is 5.20. The van der Waals surface area contributed by atoms with E-state index >= 15 is 0 Å². The maximum absolute atomic E-state index is 13.1. The molecule has 1 N–H and O–H groups in total. The summed E-state index contributed by atoms with van der Waals surface area (Å²) in [5.74, 6) is 2.16. The fraction of sp³-hybridized carbons (Fsp3) is 0.462. The Morgan fingerprint density at radius 2 is 1.47 bits per heavy atom. The van der Waals surface area contributed by atoms with Crippen LogP contribution >= 0.6 is 0 Å². The molecule has 0 heterocycles. The molecule has 0 aliphatic heterocycles. The van der Waals surface area contributed by atoms with Gasteiger partial charge in [-0.2, -0.15) is 5.06 Å². The third-order valence-corrected chi connectivity index (χ3v) is 7.78. The van der Waals surface area contributed by atoms with E-state index < -0.39 is 11.9 Å². The van der Waals surface area contributed by atoms with E-state index in [1.165, 1.54) is 50.6 Å². The average molecular weight is 436 g/mol. The van der Waals surface area contributed by atoms with E-state index in [0.29, 0.717) is 16.2 Å². The molecule has 4 aliphatic carbocycles. The molecule has 0 radical (unpaired) electrons. The second-order valence-corrected chi connectivity index (χ2v) is 9.77. The van der Waals surface area contributed by atoms with Crippen molar-refractivity contribution in [1.82, 2.24) is 0 Å². The van der Waals surface area contributed by atoms with Gasteiger partial charge in [0, 0.05) is 11.1 Å². The van der Waals surface area contributed by atoms with E-state index in [1.54, 1.807) is 13.2 Å². The van der Waals surface area contributed by atoms with Gasteiger partial charge in [0.1, 0.15) is 5.75 Å². The summed E-state index contributed by atoms with van der Waals surface area (Å²) in [6.07, 6.45) is 7.49. The molecule has 6 heteroatoms. The quantitative estimate of drug-likeness (QED) is 0.407. The van der Waals surface area contributed by atoms with Crippen LogP contribution in [0.15, 0.2) is 42.5 Å². The second-order valence-electron chi connectivity index (χ2n) is 9.77. The lowest BCUT2D eigenvalue weighted by Gasteiger charge is -2.57. The molecular formula is C26H29NO5. The molecule has 2 aromatic rings. The van der Waals surface area contributed by atoms with Crippen molar-refractivity contribution in [1.29, 1.82) is 0 Å². The Balaban J connectivity index is 1.44. The Morgan fingerprint density at radius 1 is 0.906 bits per heavy atom. The molecule has 0 saturated heterocycles. The van der Waals surface area contributed by atoms with Crippen LogP contribution in [0.1, 0.15) is 64.8 Å². The van der Waals surface area contributed by atoms with Gasteiger partial charge in [-0.05, 0) is 104 Å². The van der Waals surface area contributed by atoms with Crippen LogP contribution in [0, 0.1) is 17.8 Å². The van der Waals surface area contributed by atoms with Crippen LogP contribution in [0.5, 0.6) is 5.75 Å². The van der Waals surface area contributed by atoms with Gasteiger partial charge in [0.05, 0.1) is 25.5 Å². The molecule has 168 valence electrons. The number of carbonyl (C=O) groups excluding carboxylic acids is 2. The number of amides is 1. The van der Waals surface area contributed by atoms with Gasteiger partial charge in [-0.3, -0.25) is 10.0 Å². The number of hydroxylamine groups is 1. The third-order valence-electron chi connectivity index (χ3n) is 7.78. The van der Waals surface area contributed by atoms with E-state index in [0.717, 1.165) is 48.3 Å². The van der Waals surface area contributed by atoms with E-state index in [2.05, 4.69) is 0 Å². The lowest BCUT2D eigenvalue weighted by atomic mass is 9.48. The highest BCUT2D eigenvalue weighted by Gasteiger charge is 2.52. The van der Waals surface area contributed by atoms with Crippen LogP contribution in [0.2, 0.25) is 0 Å². The first kappa shape index (κ1) is 21.0. The average Bonchev–Trinajstić information content (AvgIpc) is 2.81. The highest BCUT2D eigenvalue weighted by atomic mass is 16.5. The minimum absolute atomic E-state index is 0.0683. The number of hydrogen-bond acceptors (Lipinski definition) is 5. The zero-order chi connectivity index (χ0) is 22.5. The topological polar surface area (TPSA) is 76.1 Å². The molecule has 6 rings (SSSR count). The summed E-state index contributed by atoms with van der Waals surface area (Å²) in [6.45, 7) is 0. The molecule has 0 unspecified atom stereocenters. The standard InChI is InChI=1S/C26H29NO5/c1-31-23-8-5-20(24(28)27(30)21-6-3-19(4-7-21)25(29)32-2)12-22(23)26-13-16-9-17(14-26)11-18(10-16)15-26/h3-8,12,16-18,30H,9-11,13-15H2,1-2H3. The number of hydrogen-bond donors (Lipinski definition) is 1. The Hall–Kier alpha value is -2.86. The zero-order valence-corrected chi connectivity index (χ0v) is 18.5. The fourth-order valence-electron chi connectivity index (χ4n) is 6.79. The normalized spacial score (nSPS) is 27.8. The summed E-state index contributed by atoms with van der Waals surface area (Å²) in [6, 6.07) is 11.6. The summed E-state index contributed by atoms with van der Waals surface area (Å²) in [5.41, 5.74) is 2.25. The maximum atomic E-state index is 13.1. The van der Waals surface area contributed by atoms with Crippen molar-refractivity contribution >= 4 is 17.6 Å². The van der Waals surface area contributed by atoms with Gasteiger partial charge in [-0.1, -0.05) is 0 Å². The first-order valence-corrected chi connectivity index (χ1v) is 11.3. The Bertz CT molecular complexity index is 1010. The van der Waals surface area contributed by atoms with Gasteiger partial charge in [-0.25, -0.2) is 4.79 Å². The molecule has 0 atom stereocenters. The molecule has 4 fully saturated rings. The predicted molar refractivity (Wildman–Crippen MR) is 119 cm³/mol. The van der Waals surface area contributed by atoms with Gasteiger partial charge in [0.25, 0.3) is 5.91 Å². The lowest BCUT2D eigenvalue weighted by Crippen LogP contribution is -2.48. The SMILES string of the molecule is COC(=O)c1ccc(N(O)C(=O)c2ccc(OC)c(C34CC5CC(CC(C5)C3)C4)c2)cc1. The van der Waals surface area contributed by atoms with Crippen molar-refractivity contribution in [3.63, 3.8) is 0 Å². The van der Waals surface area contributed by atoms with Crippen LogP contribution in [0.25, 0.3) is 0 Å². The summed E-state index contributed by atoms with van der Waals surface area (Å²) >= 11 is 0. The minimum atomic E-state index is -0.510. The van der Waals surface area contributed by atoms with E-state index in [-0.39, 0.29) is 11.1 Å². The molecular weight excluding hydrogens is 406 g/mol. The molecule has 1 amide bonds. The zero-order valence-electron chi connectivity index (χ0n) is 18.5. The number of nitrogens with zero attached hydrogens (tertiary/aromatic N) is 1. The third kappa shape index (κ3) is 3.47. The Morgan fingerprint density at radius 3 is 2.00 bits per heavy atom. The number of benzene rings is 2. The van der Waals surface area contributed by atoms with Crippen LogP contribution in [-0.4, -0.2) is 31.3 Å². The fourth-order valence-corrected chi connectivity index (χ4v) is 6.79. The lowest BCUT2D eigenvalue weighted by molar-refractivity contribution is -0.00618. The molecule has 32 heavy (non-hydrogen) atoms. The van der Waals surface area contributed by atoms with Crippen molar-refractivity contribution in [2.24, 2.45) is 17.8 Å². The summed E-state index contributed by atoms with van der Waals surface area (Å²) in [7, 11) is 2.99. The predicted octanol–water partition coefficient (Wildman–Crippen LogP) is 4.99. The smallest absolute Gasteiger partial charge is 0.337 e. The number of ether oxygens (including phenoxy) is 2. The number of esters is 1. The van der Waals surface area contributed by atoms with Gasteiger partial charge in [-0.15, -0.1) is 0 Å². The number of rotatable bonds is 5. The molecule has 0 aromatic heterocycles. The maximum Gasteiger partial charge on any atom is 0.337 e. The van der Waals surface area contributed by atoms with Crippen molar-refractivity contribution in [3.05, 3.63) is 59.2 Å². The van der Waals surface area contributed by atoms with Gasteiger partial charge >= 0.3 is 5.97 Å². The number of carbonyl (C=O) groups is 2. The van der Waals surface area contributed by atoms with Crippen molar-refractivity contribution in [2.45, 2.75) is 43.9 Å². The van der Waals surface area contributed by atoms with E-state index in [4.69, 9.17) is 9.47 Å². The van der Waals surface area contributed by atoms with Crippen LogP contribution in [-0.2, 0) is 10.2 Å². The van der Waals surface area contributed by atoms with Crippen molar-refractivity contribution in [2.75, 3.05) is 19.3 Å². The highest BCUT2D eigenvalue weighted by molar-refractivity contribution is 6.05. The summed E-state index contributed by atoms with van der Waals surface area (Å²) in [4.78, 5) is 24.8. The number of anilines is 1. The summed E-state index contributed by atoms with van der Waals surface area (Å²) in [5, 5.41) is 11.2. The number of methoxy groups -OCH3 is 2. The molecule has 2 aromatic carbocycles. The molecule has 6 nitrogen and oxygen atoms in total. The highest BCUT2D eigenvalue weighted by Crippen LogP contribution is 2.61. The first-order valence-electron chi connectivity index (χ1n) is 11.3. The molecule has 4 saturated carbocycles. The van der Waals surface area contributed by atoms with Crippen LogP contribution < -0.4 is 9.80 Å². The van der Waals surface area contributed by atoms with Crippen molar-refractivity contribution in [3.8, 4) is 5.75 Å². The minimum Gasteiger partial charge on any atom is -0.496 e. The van der Waals surface area contributed by atoms with E-state index in [1.807, 2.05) is 12.1 Å². The van der Waals surface area contributed by atoms with E-state index in [9.17, 15) is 14.8 Å². The monoisotopic (exact) mass is 435 g/mol. The largest absolute Gasteiger partial charge is 0.496 e. The van der Waals surface area contributed by atoms with Crippen LogP contribution in [0.3, 0.4) is 0 Å². The van der Waals surface area contributed by atoms with Gasteiger partial charge in [0.2, 0.25) is 0 Å². The molecule has 0 spiro atoms. The summed E-state index contributed by atoms with van der Waals surface area (Å²) < 4.78 is 10.4. The van der Waals surface area contributed by atoms with Crippen molar-refractivity contribution < 1.29 is 24.3 Å². The first-order chi connectivity index (χ1) is 15.4. The van der Waals surface area contributed by atoms with Gasteiger partial charge in [0.15, 0.2) is 0 Å². The molecule has 4 aliphatic rings. The van der Waals surface area contributed by atoms with Gasteiger partial charge < -0.3 is 9.47 Å². The molecule has 4 bridgehead atoms. The second kappa shape index (κ2) is 7.93. The Labute approximate surface area is 188 Å².